The molecular weight excluding hydrogens is 254 g/mol. The van der Waals surface area contributed by atoms with E-state index < -0.39 is 35.6 Å². The van der Waals surface area contributed by atoms with Crippen LogP contribution in [0.25, 0.3) is 0 Å². The Balaban J connectivity index is 5.54. The van der Waals surface area contributed by atoms with Gasteiger partial charge >= 0.3 is 11.9 Å². The zero-order valence-electron chi connectivity index (χ0n) is 11.6. The van der Waals surface area contributed by atoms with Crippen LogP contribution in [-0.2, 0) is 28.7 Å². The molecule has 0 saturated heterocycles. The van der Waals surface area contributed by atoms with Crippen molar-refractivity contribution in [3.8, 4) is 0 Å². The summed E-state index contributed by atoms with van der Waals surface area (Å²) in [4.78, 5) is 46.4. The number of ether oxygens (including phenoxy) is 2. The maximum absolute atomic E-state index is 12.0. The zero-order valence-corrected chi connectivity index (χ0v) is 11.6. The molecule has 0 spiro atoms. The Hall–Kier alpha value is -1.92. The number of carbonyl (C=O) groups excluding carboxylic acids is 4. The minimum atomic E-state index is -2.11. The van der Waals surface area contributed by atoms with Crippen molar-refractivity contribution in [2.24, 2.45) is 0 Å². The van der Waals surface area contributed by atoms with Gasteiger partial charge in [-0.1, -0.05) is 0 Å². The van der Waals surface area contributed by atoms with Crippen LogP contribution >= 0.6 is 0 Å². The first-order valence-electron chi connectivity index (χ1n) is 5.92. The summed E-state index contributed by atoms with van der Waals surface area (Å²) in [5.41, 5.74) is -2.11. The molecule has 0 bridgehead atoms. The van der Waals surface area contributed by atoms with Gasteiger partial charge in [0.05, 0.1) is 19.6 Å². The summed E-state index contributed by atoms with van der Waals surface area (Å²) in [5, 5.41) is 2.19. The molecule has 1 N–H and O–H groups in total. The highest BCUT2D eigenvalue weighted by atomic mass is 16.6. The number of hydrogen-bond acceptors (Lipinski definition) is 6. The number of hydrogen-bond donors (Lipinski definition) is 1. The summed E-state index contributed by atoms with van der Waals surface area (Å²) in [7, 11) is 0. The Labute approximate surface area is 111 Å². The van der Waals surface area contributed by atoms with Gasteiger partial charge in [-0.3, -0.25) is 9.59 Å². The first kappa shape index (κ1) is 17.1. The topological polar surface area (TPSA) is 98.8 Å². The summed E-state index contributed by atoms with van der Waals surface area (Å²) in [6, 6.07) is 0. The number of rotatable bonds is 7. The number of carbonyl (C=O) groups is 4. The third-order valence-electron chi connectivity index (χ3n) is 2.15. The molecule has 1 amide bonds. The second kappa shape index (κ2) is 7.50. The number of ketones is 1. The molecule has 0 radical (unpaired) electrons. The molecule has 0 aliphatic heterocycles. The van der Waals surface area contributed by atoms with Crippen LogP contribution in [-0.4, -0.2) is 42.4 Å². The lowest BCUT2D eigenvalue weighted by molar-refractivity contribution is -0.169. The molecule has 19 heavy (non-hydrogen) atoms. The van der Waals surface area contributed by atoms with E-state index in [4.69, 9.17) is 9.47 Å². The molecule has 7 nitrogen and oxygen atoms in total. The fourth-order valence-corrected chi connectivity index (χ4v) is 1.56. The minimum absolute atomic E-state index is 0.0114. The fourth-order valence-electron chi connectivity index (χ4n) is 1.56. The Bertz CT molecular complexity index is 340. The van der Waals surface area contributed by atoms with E-state index in [1.807, 2.05) is 0 Å². The Morgan fingerprint density at radius 1 is 0.947 bits per heavy atom. The van der Waals surface area contributed by atoms with Gasteiger partial charge in [-0.2, -0.15) is 0 Å². The molecule has 0 saturated carbocycles. The average molecular weight is 273 g/mol. The smallest absolute Gasteiger partial charge is 0.344 e. The Morgan fingerprint density at radius 3 is 1.63 bits per heavy atom. The first-order chi connectivity index (χ1) is 8.80. The SMILES string of the molecule is CCOC(=O)C(CC(C)=O)(NC(C)=O)C(=O)OCC. The molecule has 108 valence electrons. The minimum Gasteiger partial charge on any atom is -0.464 e. The lowest BCUT2D eigenvalue weighted by Gasteiger charge is -2.28. The molecule has 0 aromatic heterocycles. The van der Waals surface area contributed by atoms with Gasteiger partial charge in [0.1, 0.15) is 5.78 Å². The Kier molecular flexibility index (Phi) is 6.74. The van der Waals surface area contributed by atoms with E-state index in [0.717, 1.165) is 6.92 Å². The summed E-state index contributed by atoms with van der Waals surface area (Å²) in [6.07, 6.45) is -0.510. The molecule has 0 fully saturated rings. The van der Waals surface area contributed by atoms with Gasteiger partial charge in [0.25, 0.3) is 0 Å². The van der Waals surface area contributed by atoms with Gasteiger partial charge in [-0.25, -0.2) is 9.59 Å². The van der Waals surface area contributed by atoms with Crippen molar-refractivity contribution >= 4 is 23.6 Å². The number of nitrogens with one attached hydrogen (secondary N) is 1. The van der Waals surface area contributed by atoms with E-state index in [9.17, 15) is 19.2 Å². The van der Waals surface area contributed by atoms with E-state index in [-0.39, 0.29) is 13.2 Å². The van der Waals surface area contributed by atoms with Gasteiger partial charge in [-0.15, -0.1) is 0 Å². The van der Waals surface area contributed by atoms with Crippen molar-refractivity contribution in [1.82, 2.24) is 5.32 Å². The first-order valence-corrected chi connectivity index (χ1v) is 5.92. The average Bonchev–Trinajstić information content (AvgIpc) is 2.27. The summed E-state index contributed by atoms with van der Waals surface area (Å²) in [5.74, 6) is -3.09. The van der Waals surface area contributed by atoms with E-state index in [1.165, 1.54) is 6.92 Å². The van der Waals surface area contributed by atoms with Crippen LogP contribution in [0.2, 0.25) is 0 Å². The van der Waals surface area contributed by atoms with Crippen molar-refractivity contribution in [3.63, 3.8) is 0 Å². The van der Waals surface area contributed by atoms with Crippen LogP contribution < -0.4 is 5.32 Å². The van der Waals surface area contributed by atoms with Gasteiger partial charge in [0.2, 0.25) is 11.4 Å². The van der Waals surface area contributed by atoms with Crippen molar-refractivity contribution < 1.29 is 28.7 Å². The van der Waals surface area contributed by atoms with Gasteiger partial charge < -0.3 is 14.8 Å². The fraction of sp³-hybridized carbons (Fsp3) is 0.667. The highest BCUT2D eigenvalue weighted by molar-refractivity contribution is 6.10. The molecule has 0 aromatic carbocycles. The third-order valence-corrected chi connectivity index (χ3v) is 2.15. The summed E-state index contributed by atoms with van der Waals surface area (Å²) >= 11 is 0. The third kappa shape index (κ3) is 4.69. The van der Waals surface area contributed by atoms with Crippen LogP contribution in [0.4, 0.5) is 0 Å². The van der Waals surface area contributed by atoms with E-state index >= 15 is 0 Å². The van der Waals surface area contributed by atoms with Crippen molar-refractivity contribution in [2.45, 2.75) is 39.7 Å². The second-order valence-corrected chi connectivity index (χ2v) is 3.91. The zero-order chi connectivity index (χ0) is 15.1. The molecule has 0 unspecified atom stereocenters. The van der Waals surface area contributed by atoms with Crippen molar-refractivity contribution in [3.05, 3.63) is 0 Å². The molecular formula is C12H19NO6. The summed E-state index contributed by atoms with van der Waals surface area (Å²) in [6.45, 7) is 5.46. The van der Waals surface area contributed by atoms with E-state index in [0.29, 0.717) is 0 Å². The van der Waals surface area contributed by atoms with Gasteiger partial charge in [0.15, 0.2) is 0 Å². The maximum atomic E-state index is 12.0. The molecule has 7 heteroatoms. The van der Waals surface area contributed by atoms with Gasteiger partial charge in [0, 0.05) is 6.92 Å². The van der Waals surface area contributed by atoms with E-state index in [2.05, 4.69) is 5.32 Å². The standard InChI is InChI=1S/C12H19NO6/c1-5-18-10(16)12(7-8(3)14,13-9(4)15)11(17)19-6-2/h5-7H2,1-4H3,(H,13,15). The Morgan fingerprint density at radius 2 is 1.37 bits per heavy atom. The quantitative estimate of drug-likeness (QED) is 0.516. The normalized spacial score (nSPS) is 10.5. The van der Waals surface area contributed by atoms with Crippen LogP contribution in [0.1, 0.15) is 34.1 Å². The van der Waals surface area contributed by atoms with Crippen LogP contribution in [0.5, 0.6) is 0 Å². The molecule has 0 aromatic rings. The second-order valence-electron chi connectivity index (χ2n) is 3.91. The maximum Gasteiger partial charge on any atom is 0.344 e. The molecule has 0 atom stereocenters. The van der Waals surface area contributed by atoms with Crippen molar-refractivity contribution in [1.29, 1.82) is 0 Å². The highest BCUT2D eigenvalue weighted by Gasteiger charge is 2.50. The lowest BCUT2D eigenvalue weighted by Crippen LogP contribution is -2.62. The van der Waals surface area contributed by atoms with Crippen LogP contribution in [0, 0.1) is 0 Å². The predicted molar refractivity (Wildman–Crippen MR) is 65.1 cm³/mol. The molecule has 0 heterocycles. The highest BCUT2D eigenvalue weighted by Crippen LogP contribution is 2.17. The predicted octanol–water partition coefficient (Wildman–Crippen LogP) is -0.0334. The molecule has 0 rings (SSSR count). The van der Waals surface area contributed by atoms with Crippen LogP contribution in [0.15, 0.2) is 0 Å². The molecule has 0 aliphatic rings. The van der Waals surface area contributed by atoms with Gasteiger partial charge in [-0.05, 0) is 20.8 Å². The lowest BCUT2D eigenvalue weighted by atomic mass is 9.92. The summed E-state index contributed by atoms with van der Waals surface area (Å²) < 4.78 is 9.54. The van der Waals surface area contributed by atoms with E-state index in [1.54, 1.807) is 13.8 Å². The van der Waals surface area contributed by atoms with Crippen LogP contribution in [0.3, 0.4) is 0 Å². The van der Waals surface area contributed by atoms with Crippen molar-refractivity contribution in [2.75, 3.05) is 13.2 Å². The monoisotopic (exact) mass is 273 g/mol. The largest absolute Gasteiger partial charge is 0.464 e. The number of esters is 2. The number of amides is 1. The number of Topliss-reactive ketones (excluding diaryl/α,β-unsaturated/α-hetero) is 1. The molecule has 0 aliphatic carbocycles.